The molecule has 1 N–H and O–H groups in total. The zero-order chi connectivity index (χ0) is 19.4. The number of carbonyl (C=O) groups excluding carboxylic acids is 1. The summed E-state index contributed by atoms with van der Waals surface area (Å²) >= 11 is 0. The average molecular weight is 385 g/mol. The van der Waals surface area contributed by atoms with Crippen molar-refractivity contribution >= 4 is 16.0 Å². The van der Waals surface area contributed by atoms with E-state index in [9.17, 15) is 13.2 Å². The Morgan fingerprint density at radius 1 is 1.11 bits per heavy atom. The van der Waals surface area contributed by atoms with Crippen molar-refractivity contribution in [3.8, 4) is 5.69 Å². The summed E-state index contributed by atoms with van der Waals surface area (Å²) in [5, 5.41) is 4.32. The van der Waals surface area contributed by atoms with Crippen LogP contribution in [0.25, 0.3) is 5.69 Å². The predicted molar refractivity (Wildman–Crippen MR) is 100 cm³/mol. The molecule has 3 rings (SSSR count). The Balaban J connectivity index is 1.84. The number of nitrogens with zero attached hydrogens (tertiary/aromatic N) is 2. The van der Waals surface area contributed by atoms with Crippen LogP contribution in [0.2, 0.25) is 0 Å². The van der Waals surface area contributed by atoms with E-state index >= 15 is 0 Å². The molecule has 1 aromatic heterocycles. The third-order valence-electron chi connectivity index (χ3n) is 3.90. The van der Waals surface area contributed by atoms with Crippen molar-refractivity contribution in [2.75, 3.05) is 7.11 Å². The van der Waals surface area contributed by atoms with Crippen LogP contribution in [0.1, 0.15) is 21.7 Å². The normalized spacial score (nSPS) is 11.3. The maximum Gasteiger partial charge on any atom is 0.356 e. The molecule has 140 valence electrons. The Labute approximate surface area is 157 Å². The minimum atomic E-state index is -3.60. The first kappa shape index (κ1) is 18.8. The zero-order valence-electron chi connectivity index (χ0n) is 14.9. The van der Waals surface area contributed by atoms with E-state index in [1.165, 1.54) is 23.9 Å². The number of nitrogens with one attached hydrogen (secondary N) is 1. The summed E-state index contributed by atoms with van der Waals surface area (Å²) in [4.78, 5) is 12.2. The lowest BCUT2D eigenvalue weighted by atomic mass is 10.2. The average Bonchev–Trinajstić information content (AvgIpc) is 3.08. The predicted octanol–water partition coefficient (Wildman–Crippen LogP) is 2.45. The van der Waals surface area contributed by atoms with E-state index in [4.69, 9.17) is 4.74 Å². The van der Waals surface area contributed by atoms with Gasteiger partial charge in [-0.2, -0.15) is 5.10 Å². The highest BCUT2D eigenvalue weighted by atomic mass is 32.2. The van der Waals surface area contributed by atoms with Crippen molar-refractivity contribution < 1.29 is 17.9 Å². The van der Waals surface area contributed by atoms with Gasteiger partial charge in [0, 0.05) is 6.54 Å². The Bertz CT molecular complexity index is 1060. The summed E-state index contributed by atoms with van der Waals surface area (Å²) in [5.74, 6) is -0.495. The van der Waals surface area contributed by atoms with Gasteiger partial charge >= 0.3 is 5.97 Å². The molecular formula is C19H19N3O4S. The second-order valence-corrected chi connectivity index (χ2v) is 7.65. The molecular weight excluding hydrogens is 366 g/mol. The minimum absolute atomic E-state index is 0.110. The number of sulfonamides is 1. The number of esters is 1. The number of benzene rings is 2. The monoisotopic (exact) mass is 385 g/mol. The number of carbonyl (C=O) groups is 1. The molecule has 0 saturated carbocycles. The van der Waals surface area contributed by atoms with E-state index in [-0.39, 0.29) is 11.4 Å². The second kappa shape index (κ2) is 7.73. The molecule has 0 aliphatic rings. The topological polar surface area (TPSA) is 90.3 Å². The van der Waals surface area contributed by atoms with Crippen molar-refractivity contribution in [1.29, 1.82) is 0 Å². The summed E-state index contributed by atoms with van der Waals surface area (Å²) in [6, 6.07) is 16.9. The van der Waals surface area contributed by atoms with Gasteiger partial charge in [-0.15, -0.1) is 0 Å². The molecule has 0 aliphatic heterocycles. The number of aryl methyl sites for hydroxylation is 1. The van der Waals surface area contributed by atoms with E-state index in [0.717, 1.165) is 5.56 Å². The number of ether oxygens (including phenoxy) is 1. The molecule has 0 bridgehead atoms. The van der Waals surface area contributed by atoms with Gasteiger partial charge in [-0.25, -0.2) is 22.6 Å². The first-order chi connectivity index (χ1) is 12.9. The highest BCUT2D eigenvalue weighted by molar-refractivity contribution is 7.89. The van der Waals surface area contributed by atoms with Gasteiger partial charge in [0.05, 0.1) is 23.4 Å². The Morgan fingerprint density at radius 2 is 1.85 bits per heavy atom. The molecule has 7 nitrogen and oxygen atoms in total. The lowest BCUT2D eigenvalue weighted by molar-refractivity contribution is 0.0590. The highest BCUT2D eigenvalue weighted by Gasteiger charge is 2.17. The SMILES string of the molecule is COC(=O)c1cc(C)nn1-c1cccc(CNS(=O)(=O)c2ccccc2)c1. The smallest absolute Gasteiger partial charge is 0.356 e. The maximum absolute atomic E-state index is 12.4. The fourth-order valence-corrected chi connectivity index (χ4v) is 3.64. The van der Waals surface area contributed by atoms with Crippen LogP contribution in [0.3, 0.4) is 0 Å². The molecule has 0 spiro atoms. The van der Waals surface area contributed by atoms with Gasteiger partial charge in [0.25, 0.3) is 0 Å². The van der Waals surface area contributed by atoms with Gasteiger partial charge in [0.1, 0.15) is 0 Å². The van der Waals surface area contributed by atoms with E-state index < -0.39 is 16.0 Å². The largest absolute Gasteiger partial charge is 0.464 e. The summed E-state index contributed by atoms with van der Waals surface area (Å²) in [6.07, 6.45) is 0. The van der Waals surface area contributed by atoms with Crippen LogP contribution in [-0.2, 0) is 21.3 Å². The van der Waals surface area contributed by atoms with Gasteiger partial charge < -0.3 is 4.74 Å². The lowest BCUT2D eigenvalue weighted by Gasteiger charge is -2.10. The van der Waals surface area contributed by atoms with E-state index in [0.29, 0.717) is 17.1 Å². The Kier molecular flexibility index (Phi) is 5.38. The molecule has 0 radical (unpaired) electrons. The second-order valence-electron chi connectivity index (χ2n) is 5.88. The summed E-state index contributed by atoms with van der Waals surface area (Å²) in [5.41, 5.74) is 2.35. The zero-order valence-corrected chi connectivity index (χ0v) is 15.7. The summed E-state index contributed by atoms with van der Waals surface area (Å²) < 4.78 is 33.6. The maximum atomic E-state index is 12.4. The van der Waals surface area contributed by atoms with Crippen LogP contribution in [0, 0.1) is 6.92 Å². The van der Waals surface area contributed by atoms with Crippen LogP contribution < -0.4 is 4.72 Å². The number of rotatable bonds is 6. The molecule has 0 fully saturated rings. The van der Waals surface area contributed by atoms with Crippen LogP contribution in [0.4, 0.5) is 0 Å². The number of aromatic nitrogens is 2. The van der Waals surface area contributed by atoms with Crippen molar-refractivity contribution in [3.63, 3.8) is 0 Å². The molecule has 8 heteroatoms. The fraction of sp³-hybridized carbons (Fsp3) is 0.158. The summed E-state index contributed by atoms with van der Waals surface area (Å²) in [7, 11) is -2.29. The van der Waals surface area contributed by atoms with Gasteiger partial charge in [-0.05, 0) is 42.8 Å². The fourth-order valence-electron chi connectivity index (χ4n) is 2.61. The molecule has 0 amide bonds. The molecule has 0 saturated heterocycles. The van der Waals surface area contributed by atoms with Crippen molar-refractivity contribution in [3.05, 3.63) is 77.6 Å². The van der Waals surface area contributed by atoms with Gasteiger partial charge in [-0.1, -0.05) is 30.3 Å². The molecule has 0 unspecified atom stereocenters. The van der Waals surface area contributed by atoms with E-state index in [1.807, 2.05) is 0 Å². The standard InChI is InChI=1S/C19H19N3O4S/c1-14-11-18(19(23)26-2)22(21-14)16-8-6-7-15(12-16)13-20-27(24,25)17-9-4-3-5-10-17/h3-12,20H,13H2,1-2H3. The van der Waals surface area contributed by atoms with Gasteiger partial charge in [0.2, 0.25) is 10.0 Å². The van der Waals surface area contributed by atoms with E-state index in [2.05, 4.69) is 9.82 Å². The van der Waals surface area contributed by atoms with Gasteiger partial charge in [-0.3, -0.25) is 0 Å². The van der Waals surface area contributed by atoms with E-state index in [1.54, 1.807) is 55.5 Å². The lowest BCUT2D eigenvalue weighted by Crippen LogP contribution is -2.23. The first-order valence-corrected chi connectivity index (χ1v) is 9.68. The van der Waals surface area contributed by atoms with Crippen molar-refractivity contribution in [2.24, 2.45) is 0 Å². The van der Waals surface area contributed by atoms with Crippen LogP contribution >= 0.6 is 0 Å². The molecule has 1 heterocycles. The molecule has 2 aromatic carbocycles. The number of hydrogen-bond acceptors (Lipinski definition) is 5. The molecule has 3 aromatic rings. The van der Waals surface area contributed by atoms with Crippen molar-refractivity contribution in [1.82, 2.24) is 14.5 Å². The molecule has 0 aliphatic carbocycles. The molecule has 0 atom stereocenters. The quantitative estimate of drug-likeness (QED) is 0.658. The Hall–Kier alpha value is -2.97. The number of hydrogen-bond donors (Lipinski definition) is 1. The number of methoxy groups -OCH3 is 1. The van der Waals surface area contributed by atoms with Gasteiger partial charge in [0.15, 0.2) is 5.69 Å². The first-order valence-electron chi connectivity index (χ1n) is 8.20. The van der Waals surface area contributed by atoms with Crippen LogP contribution in [0.5, 0.6) is 0 Å². The third kappa shape index (κ3) is 4.24. The highest BCUT2D eigenvalue weighted by Crippen LogP contribution is 2.16. The van der Waals surface area contributed by atoms with Crippen molar-refractivity contribution in [2.45, 2.75) is 18.4 Å². The summed E-state index contributed by atoms with van der Waals surface area (Å²) in [6.45, 7) is 1.89. The third-order valence-corrected chi connectivity index (χ3v) is 5.32. The van der Waals surface area contributed by atoms with Crippen LogP contribution in [-0.4, -0.2) is 31.3 Å². The molecule has 27 heavy (non-hydrogen) atoms. The Morgan fingerprint density at radius 3 is 2.56 bits per heavy atom. The minimum Gasteiger partial charge on any atom is -0.464 e. The van der Waals surface area contributed by atoms with Crippen LogP contribution in [0.15, 0.2) is 65.6 Å².